The van der Waals surface area contributed by atoms with Crippen LogP contribution in [-0.4, -0.2) is 39.6 Å². The Bertz CT molecular complexity index is 654. The molecule has 1 fully saturated rings. The lowest BCUT2D eigenvalue weighted by Crippen LogP contribution is -2.40. The Labute approximate surface area is 135 Å². The molecular weight excluding hydrogens is 292 g/mol. The molecule has 6 heteroatoms. The summed E-state index contributed by atoms with van der Waals surface area (Å²) in [6.07, 6.45) is 4.96. The molecule has 0 saturated carbocycles. The predicted octanol–water partition coefficient (Wildman–Crippen LogP) is 1.36. The van der Waals surface area contributed by atoms with Crippen LogP contribution in [0.4, 0.5) is 0 Å². The van der Waals surface area contributed by atoms with E-state index in [0.717, 1.165) is 12.0 Å². The van der Waals surface area contributed by atoms with E-state index in [0.29, 0.717) is 19.5 Å². The van der Waals surface area contributed by atoms with Gasteiger partial charge < -0.3 is 10.2 Å². The van der Waals surface area contributed by atoms with Crippen molar-refractivity contribution in [1.82, 2.24) is 20.0 Å². The number of carbonyl (C=O) groups excluding carboxylic acids is 2. The lowest BCUT2D eigenvalue weighted by molar-refractivity contribution is -0.133. The molecule has 2 aromatic rings. The SMILES string of the molecule is O=C(CN1CCCC1=O)NC(Cn1cccn1)c1ccccc1. The van der Waals surface area contributed by atoms with Crippen molar-refractivity contribution in [2.45, 2.75) is 25.4 Å². The summed E-state index contributed by atoms with van der Waals surface area (Å²) in [7, 11) is 0. The molecule has 1 aromatic carbocycles. The predicted molar refractivity (Wildman–Crippen MR) is 85.4 cm³/mol. The van der Waals surface area contributed by atoms with Gasteiger partial charge in [-0.05, 0) is 18.1 Å². The van der Waals surface area contributed by atoms with E-state index in [1.807, 2.05) is 42.6 Å². The summed E-state index contributed by atoms with van der Waals surface area (Å²) in [6.45, 7) is 1.35. The molecule has 3 rings (SSSR count). The first-order valence-corrected chi connectivity index (χ1v) is 7.82. The fourth-order valence-corrected chi connectivity index (χ4v) is 2.80. The average molecular weight is 312 g/mol. The van der Waals surface area contributed by atoms with Crippen LogP contribution in [0.5, 0.6) is 0 Å². The van der Waals surface area contributed by atoms with Crippen LogP contribution in [0, 0.1) is 0 Å². The molecule has 1 unspecified atom stereocenters. The van der Waals surface area contributed by atoms with Crippen LogP contribution in [-0.2, 0) is 16.1 Å². The van der Waals surface area contributed by atoms with Gasteiger partial charge >= 0.3 is 0 Å². The van der Waals surface area contributed by atoms with Crippen molar-refractivity contribution in [1.29, 1.82) is 0 Å². The van der Waals surface area contributed by atoms with Gasteiger partial charge in [-0.3, -0.25) is 14.3 Å². The number of carbonyl (C=O) groups is 2. The lowest BCUT2D eigenvalue weighted by atomic mass is 10.1. The normalized spacial score (nSPS) is 15.7. The number of benzene rings is 1. The molecule has 2 amide bonds. The lowest BCUT2D eigenvalue weighted by Gasteiger charge is -2.21. The zero-order valence-corrected chi connectivity index (χ0v) is 12.9. The van der Waals surface area contributed by atoms with Gasteiger partial charge in [0.05, 0.1) is 19.1 Å². The monoisotopic (exact) mass is 312 g/mol. The van der Waals surface area contributed by atoms with E-state index in [1.165, 1.54) is 0 Å². The van der Waals surface area contributed by atoms with Crippen LogP contribution in [0.1, 0.15) is 24.4 Å². The van der Waals surface area contributed by atoms with Crippen LogP contribution < -0.4 is 5.32 Å². The molecule has 1 atom stereocenters. The highest BCUT2D eigenvalue weighted by molar-refractivity contribution is 5.86. The molecule has 2 heterocycles. The summed E-state index contributed by atoms with van der Waals surface area (Å²) in [5.74, 6) is -0.0789. The number of hydrogen-bond acceptors (Lipinski definition) is 3. The van der Waals surface area contributed by atoms with Gasteiger partial charge in [-0.1, -0.05) is 30.3 Å². The topological polar surface area (TPSA) is 67.2 Å². The first-order chi connectivity index (χ1) is 11.2. The van der Waals surface area contributed by atoms with Crippen molar-refractivity contribution in [3.8, 4) is 0 Å². The molecule has 1 aliphatic rings. The van der Waals surface area contributed by atoms with Crippen molar-refractivity contribution < 1.29 is 9.59 Å². The first-order valence-electron chi connectivity index (χ1n) is 7.82. The fourth-order valence-electron chi connectivity index (χ4n) is 2.80. The van der Waals surface area contributed by atoms with E-state index in [9.17, 15) is 9.59 Å². The number of hydrogen-bond donors (Lipinski definition) is 1. The van der Waals surface area contributed by atoms with E-state index >= 15 is 0 Å². The number of rotatable bonds is 6. The summed E-state index contributed by atoms with van der Waals surface area (Å²) in [6, 6.07) is 11.5. The van der Waals surface area contributed by atoms with Crippen molar-refractivity contribution in [3.05, 3.63) is 54.4 Å². The van der Waals surface area contributed by atoms with E-state index in [1.54, 1.807) is 15.8 Å². The highest BCUT2D eigenvalue weighted by Gasteiger charge is 2.24. The van der Waals surface area contributed by atoms with Crippen molar-refractivity contribution >= 4 is 11.8 Å². The second-order valence-corrected chi connectivity index (χ2v) is 5.68. The third-order valence-corrected chi connectivity index (χ3v) is 3.97. The standard InChI is InChI=1S/C17H20N4O2/c22-16(13-20-10-4-8-17(20)23)19-15(12-21-11-5-9-18-21)14-6-2-1-3-7-14/h1-3,5-7,9,11,15H,4,8,10,12-13H2,(H,19,22). The zero-order chi connectivity index (χ0) is 16.1. The van der Waals surface area contributed by atoms with Crippen LogP contribution in [0.25, 0.3) is 0 Å². The fraction of sp³-hybridized carbons (Fsp3) is 0.353. The number of amides is 2. The van der Waals surface area contributed by atoms with Crippen molar-refractivity contribution in [2.24, 2.45) is 0 Å². The van der Waals surface area contributed by atoms with Crippen LogP contribution in [0.15, 0.2) is 48.8 Å². The Morgan fingerprint density at radius 3 is 2.74 bits per heavy atom. The molecule has 0 spiro atoms. The second kappa shape index (κ2) is 7.09. The molecule has 23 heavy (non-hydrogen) atoms. The van der Waals surface area contributed by atoms with E-state index in [2.05, 4.69) is 10.4 Å². The summed E-state index contributed by atoms with van der Waals surface area (Å²) >= 11 is 0. The Morgan fingerprint density at radius 1 is 1.26 bits per heavy atom. The summed E-state index contributed by atoms with van der Waals surface area (Å²) in [5, 5.41) is 7.23. The maximum atomic E-state index is 12.3. The van der Waals surface area contributed by atoms with Crippen LogP contribution >= 0.6 is 0 Å². The van der Waals surface area contributed by atoms with Gasteiger partial charge in [0.2, 0.25) is 11.8 Å². The van der Waals surface area contributed by atoms with Crippen molar-refractivity contribution in [2.75, 3.05) is 13.1 Å². The van der Waals surface area contributed by atoms with E-state index in [-0.39, 0.29) is 24.4 Å². The number of likely N-dealkylation sites (tertiary alicyclic amines) is 1. The minimum atomic E-state index is -0.179. The molecule has 0 bridgehead atoms. The summed E-state index contributed by atoms with van der Waals surface area (Å²) < 4.78 is 1.79. The van der Waals surface area contributed by atoms with Gasteiger partial charge in [0.15, 0.2) is 0 Å². The molecule has 1 N–H and O–H groups in total. The Balaban J connectivity index is 1.68. The summed E-state index contributed by atoms with van der Waals surface area (Å²) in [4.78, 5) is 25.6. The second-order valence-electron chi connectivity index (χ2n) is 5.68. The maximum absolute atomic E-state index is 12.3. The van der Waals surface area contributed by atoms with Crippen molar-refractivity contribution in [3.63, 3.8) is 0 Å². The van der Waals surface area contributed by atoms with E-state index < -0.39 is 0 Å². The van der Waals surface area contributed by atoms with E-state index in [4.69, 9.17) is 0 Å². The quantitative estimate of drug-likeness (QED) is 0.876. The Morgan fingerprint density at radius 2 is 2.09 bits per heavy atom. The molecule has 0 aliphatic carbocycles. The number of nitrogens with zero attached hydrogens (tertiary/aromatic N) is 3. The highest BCUT2D eigenvalue weighted by atomic mass is 16.2. The molecule has 0 radical (unpaired) electrons. The zero-order valence-electron chi connectivity index (χ0n) is 12.9. The molecular formula is C17H20N4O2. The molecule has 120 valence electrons. The number of nitrogens with one attached hydrogen (secondary N) is 1. The molecule has 1 aliphatic heterocycles. The minimum Gasteiger partial charge on any atom is -0.346 e. The maximum Gasteiger partial charge on any atom is 0.240 e. The average Bonchev–Trinajstić information content (AvgIpc) is 3.20. The Hall–Kier alpha value is -2.63. The number of aromatic nitrogens is 2. The third kappa shape index (κ3) is 3.97. The van der Waals surface area contributed by atoms with Crippen LogP contribution in [0.2, 0.25) is 0 Å². The minimum absolute atomic E-state index is 0.0588. The van der Waals surface area contributed by atoms with Gasteiger partial charge in [0.25, 0.3) is 0 Å². The molecule has 1 saturated heterocycles. The Kier molecular flexibility index (Phi) is 4.71. The molecule has 1 aromatic heterocycles. The van der Waals surface area contributed by atoms with Gasteiger partial charge in [-0.2, -0.15) is 5.10 Å². The molecule has 6 nitrogen and oxygen atoms in total. The highest BCUT2D eigenvalue weighted by Crippen LogP contribution is 2.15. The summed E-state index contributed by atoms with van der Waals surface area (Å²) in [5.41, 5.74) is 1.02. The third-order valence-electron chi connectivity index (χ3n) is 3.97. The largest absolute Gasteiger partial charge is 0.346 e. The van der Waals surface area contributed by atoms with Gasteiger partial charge in [0.1, 0.15) is 0 Å². The first kappa shape index (κ1) is 15.3. The smallest absolute Gasteiger partial charge is 0.240 e. The van der Waals surface area contributed by atoms with Gasteiger partial charge in [-0.25, -0.2) is 0 Å². The van der Waals surface area contributed by atoms with Gasteiger partial charge in [-0.15, -0.1) is 0 Å². The van der Waals surface area contributed by atoms with Gasteiger partial charge in [0, 0.05) is 25.4 Å². The van der Waals surface area contributed by atoms with Crippen LogP contribution in [0.3, 0.4) is 0 Å².